The highest BCUT2D eigenvalue weighted by molar-refractivity contribution is 6.05. The Morgan fingerprint density at radius 3 is 2.65 bits per heavy atom. The lowest BCUT2D eigenvalue weighted by atomic mass is 9.94. The van der Waals surface area contributed by atoms with Gasteiger partial charge in [0, 0.05) is 24.1 Å². The molecule has 0 aromatic heterocycles. The van der Waals surface area contributed by atoms with E-state index >= 15 is 0 Å². The summed E-state index contributed by atoms with van der Waals surface area (Å²) >= 11 is 0. The van der Waals surface area contributed by atoms with Gasteiger partial charge >= 0.3 is 0 Å². The third-order valence-electron chi connectivity index (χ3n) is 3.71. The molecule has 2 aromatic rings. The van der Waals surface area contributed by atoms with E-state index in [1.165, 1.54) is 0 Å². The summed E-state index contributed by atoms with van der Waals surface area (Å²) in [7, 11) is 0. The number of phenols is 1. The van der Waals surface area contributed by atoms with Gasteiger partial charge in [0.1, 0.15) is 5.75 Å². The summed E-state index contributed by atoms with van der Waals surface area (Å²) in [5, 5.41) is 13.9. The van der Waals surface area contributed by atoms with Crippen LogP contribution in [0.4, 0.5) is 5.69 Å². The molecule has 1 aliphatic rings. The number of rotatable bonds is 3. The molecule has 1 aliphatic heterocycles. The SMILES string of the molecule is CC1CC(=O)NN=C1c1ccc(N=Cc2ccccc2O)cc1. The van der Waals surface area contributed by atoms with Crippen LogP contribution in [-0.2, 0) is 4.79 Å². The van der Waals surface area contributed by atoms with E-state index in [1.807, 2.05) is 37.3 Å². The summed E-state index contributed by atoms with van der Waals surface area (Å²) in [4.78, 5) is 15.7. The van der Waals surface area contributed by atoms with E-state index in [9.17, 15) is 9.90 Å². The van der Waals surface area contributed by atoms with Gasteiger partial charge in [0.05, 0.1) is 11.4 Å². The predicted octanol–water partition coefficient (Wildman–Crippen LogP) is 3.00. The summed E-state index contributed by atoms with van der Waals surface area (Å²) in [5.41, 5.74) is 5.82. The monoisotopic (exact) mass is 307 g/mol. The van der Waals surface area contributed by atoms with Gasteiger partial charge in [0.2, 0.25) is 5.91 Å². The third-order valence-corrected chi connectivity index (χ3v) is 3.71. The number of hydrogen-bond donors (Lipinski definition) is 2. The number of benzene rings is 2. The Morgan fingerprint density at radius 2 is 1.96 bits per heavy atom. The van der Waals surface area contributed by atoms with Gasteiger partial charge in [-0.15, -0.1) is 0 Å². The Labute approximate surface area is 134 Å². The van der Waals surface area contributed by atoms with Gasteiger partial charge in [-0.1, -0.05) is 31.2 Å². The van der Waals surface area contributed by atoms with Crippen molar-refractivity contribution in [1.82, 2.24) is 5.43 Å². The topological polar surface area (TPSA) is 74.0 Å². The predicted molar refractivity (Wildman–Crippen MR) is 90.3 cm³/mol. The van der Waals surface area contributed by atoms with Crippen molar-refractivity contribution >= 4 is 23.5 Å². The quantitative estimate of drug-likeness (QED) is 0.855. The van der Waals surface area contributed by atoms with E-state index in [4.69, 9.17) is 0 Å². The second kappa shape index (κ2) is 6.44. The van der Waals surface area contributed by atoms with Crippen molar-refractivity contribution in [3.05, 3.63) is 59.7 Å². The maximum Gasteiger partial charge on any atom is 0.240 e. The first-order chi connectivity index (χ1) is 11.1. The first kappa shape index (κ1) is 15.0. The maximum atomic E-state index is 11.3. The van der Waals surface area contributed by atoms with Crippen LogP contribution >= 0.6 is 0 Å². The lowest BCUT2D eigenvalue weighted by Gasteiger charge is -2.19. The molecule has 2 aromatic carbocycles. The van der Waals surface area contributed by atoms with Crippen LogP contribution in [0.2, 0.25) is 0 Å². The molecule has 5 heteroatoms. The number of hydrogen-bond acceptors (Lipinski definition) is 4. The highest BCUT2D eigenvalue weighted by Crippen LogP contribution is 2.20. The first-order valence-corrected chi connectivity index (χ1v) is 7.42. The number of aliphatic imine (C=N–C) groups is 1. The van der Waals surface area contributed by atoms with E-state index in [1.54, 1.807) is 24.4 Å². The number of carbonyl (C=O) groups excluding carboxylic acids is 1. The zero-order valence-corrected chi connectivity index (χ0v) is 12.7. The lowest BCUT2D eigenvalue weighted by molar-refractivity contribution is -0.121. The van der Waals surface area contributed by atoms with Crippen LogP contribution in [0.25, 0.3) is 0 Å². The molecule has 3 rings (SSSR count). The molecule has 0 bridgehead atoms. The van der Waals surface area contributed by atoms with Crippen LogP contribution in [0.15, 0.2) is 58.6 Å². The van der Waals surface area contributed by atoms with Crippen molar-refractivity contribution in [3.8, 4) is 5.75 Å². The van der Waals surface area contributed by atoms with Crippen LogP contribution in [-0.4, -0.2) is 22.9 Å². The van der Waals surface area contributed by atoms with Crippen molar-refractivity contribution < 1.29 is 9.90 Å². The molecular formula is C18H17N3O2. The second-order valence-corrected chi connectivity index (χ2v) is 5.50. The van der Waals surface area contributed by atoms with Gasteiger partial charge in [-0.3, -0.25) is 9.79 Å². The van der Waals surface area contributed by atoms with Crippen LogP contribution in [0, 0.1) is 5.92 Å². The molecule has 23 heavy (non-hydrogen) atoms. The van der Waals surface area contributed by atoms with Crippen molar-refractivity contribution in [2.45, 2.75) is 13.3 Å². The number of phenolic OH excluding ortho intramolecular Hbond substituents is 1. The molecule has 0 spiro atoms. The fraction of sp³-hybridized carbons (Fsp3) is 0.167. The molecule has 1 amide bonds. The molecular weight excluding hydrogens is 290 g/mol. The Bertz CT molecular complexity index is 779. The number of carbonyl (C=O) groups is 1. The van der Waals surface area contributed by atoms with Crippen molar-refractivity contribution in [3.63, 3.8) is 0 Å². The largest absolute Gasteiger partial charge is 0.507 e. The minimum Gasteiger partial charge on any atom is -0.507 e. The Hall–Kier alpha value is -2.95. The lowest BCUT2D eigenvalue weighted by Crippen LogP contribution is -2.31. The van der Waals surface area contributed by atoms with Crippen LogP contribution in [0.1, 0.15) is 24.5 Å². The molecule has 0 saturated heterocycles. The molecule has 1 atom stereocenters. The van der Waals surface area contributed by atoms with Crippen LogP contribution in [0.3, 0.4) is 0 Å². The van der Waals surface area contributed by atoms with Crippen molar-refractivity contribution in [2.75, 3.05) is 0 Å². The zero-order valence-electron chi connectivity index (χ0n) is 12.7. The number of nitrogens with one attached hydrogen (secondary N) is 1. The summed E-state index contributed by atoms with van der Waals surface area (Å²) in [6, 6.07) is 14.7. The highest BCUT2D eigenvalue weighted by Gasteiger charge is 2.21. The summed E-state index contributed by atoms with van der Waals surface area (Å²) < 4.78 is 0. The summed E-state index contributed by atoms with van der Waals surface area (Å²) in [5.74, 6) is 0.249. The van der Waals surface area contributed by atoms with E-state index in [-0.39, 0.29) is 17.6 Å². The fourth-order valence-corrected chi connectivity index (χ4v) is 2.46. The molecule has 0 saturated carbocycles. The number of aromatic hydroxyl groups is 1. The van der Waals surface area contributed by atoms with Gasteiger partial charge in [-0.2, -0.15) is 5.10 Å². The maximum absolute atomic E-state index is 11.3. The molecule has 0 aliphatic carbocycles. The Balaban J connectivity index is 1.78. The van der Waals surface area contributed by atoms with E-state index in [0.29, 0.717) is 12.0 Å². The average molecular weight is 307 g/mol. The van der Waals surface area contributed by atoms with Crippen LogP contribution < -0.4 is 5.43 Å². The fourth-order valence-electron chi connectivity index (χ4n) is 2.46. The first-order valence-electron chi connectivity index (χ1n) is 7.42. The Kier molecular flexibility index (Phi) is 4.19. The normalized spacial score (nSPS) is 17.9. The molecule has 0 fully saturated rings. The van der Waals surface area contributed by atoms with Gasteiger partial charge in [0.25, 0.3) is 0 Å². The number of nitrogens with zero attached hydrogens (tertiary/aromatic N) is 2. The molecule has 1 heterocycles. The molecule has 116 valence electrons. The van der Waals surface area contributed by atoms with Gasteiger partial charge in [0.15, 0.2) is 0 Å². The molecule has 1 unspecified atom stereocenters. The van der Waals surface area contributed by atoms with Crippen molar-refractivity contribution in [2.24, 2.45) is 16.0 Å². The molecule has 5 nitrogen and oxygen atoms in total. The summed E-state index contributed by atoms with van der Waals surface area (Å²) in [6.07, 6.45) is 2.08. The van der Waals surface area contributed by atoms with E-state index in [0.717, 1.165) is 17.0 Å². The standard InChI is InChI=1S/C18H17N3O2/c1-12-10-17(23)20-21-18(12)13-6-8-15(9-7-13)19-11-14-4-2-3-5-16(14)22/h2-9,11-12,22H,10H2,1H3,(H,20,23). The van der Waals surface area contributed by atoms with E-state index < -0.39 is 0 Å². The third kappa shape index (κ3) is 3.45. The second-order valence-electron chi connectivity index (χ2n) is 5.50. The summed E-state index contributed by atoms with van der Waals surface area (Å²) in [6.45, 7) is 1.99. The van der Waals surface area contributed by atoms with E-state index in [2.05, 4.69) is 15.5 Å². The minimum atomic E-state index is -0.0508. The van der Waals surface area contributed by atoms with Crippen LogP contribution in [0.5, 0.6) is 5.75 Å². The van der Waals surface area contributed by atoms with Gasteiger partial charge < -0.3 is 5.11 Å². The van der Waals surface area contributed by atoms with Crippen molar-refractivity contribution in [1.29, 1.82) is 0 Å². The van der Waals surface area contributed by atoms with Gasteiger partial charge in [-0.05, 0) is 29.8 Å². The molecule has 0 radical (unpaired) electrons. The number of para-hydroxylation sites is 1. The molecule has 2 N–H and O–H groups in total. The average Bonchev–Trinajstić information content (AvgIpc) is 2.55. The Morgan fingerprint density at radius 1 is 1.22 bits per heavy atom. The number of hydrazone groups is 1. The zero-order chi connectivity index (χ0) is 16.2. The number of amides is 1. The minimum absolute atomic E-state index is 0.0508. The highest BCUT2D eigenvalue weighted by atomic mass is 16.3. The smallest absolute Gasteiger partial charge is 0.240 e. The van der Waals surface area contributed by atoms with Gasteiger partial charge in [-0.25, -0.2) is 5.43 Å².